The van der Waals surface area contributed by atoms with E-state index in [9.17, 15) is 9.59 Å². The summed E-state index contributed by atoms with van der Waals surface area (Å²) in [6.45, 7) is 4.50. The van der Waals surface area contributed by atoms with Crippen LogP contribution in [0.15, 0.2) is 18.2 Å². The van der Waals surface area contributed by atoms with Crippen molar-refractivity contribution >= 4 is 11.9 Å². The first kappa shape index (κ1) is 15.2. The van der Waals surface area contributed by atoms with Gasteiger partial charge >= 0.3 is 5.97 Å². The Kier molecular flexibility index (Phi) is 4.67. The minimum atomic E-state index is -1.03. The van der Waals surface area contributed by atoms with E-state index in [-0.39, 0.29) is 18.2 Å². The van der Waals surface area contributed by atoms with Crippen LogP contribution in [0.4, 0.5) is 0 Å². The molecule has 2 rings (SSSR count). The lowest BCUT2D eigenvalue weighted by atomic mass is 10.0. The van der Waals surface area contributed by atoms with E-state index in [4.69, 9.17) is 14.6 Å². The van der Waals surface area contributed by atoms with E-state index in [0.29, 0.717) is 24.7 Å². The van der Waals surface area contributed by atoms with Gasteiger partial charge in [-0.25, -0.2) is 4.79 Å². The normalized spacial score (nSPS) is 14.6. The number of rotatable bonds is 5. The minimum absolute atomic E-state index is 0.104. The topological polar surface area (TPSA) is 84.9 Å². The predicted molar refractivity (Wildman–Crippen MR) is 75.5 cm³/mol. The summed E-state index contributed by atoms with van der Waals surface area (Å²) in [7, 11) is 0. The number of aliphatic carboxylic acids is 1. The van der Waals surface area contributed by atoms with Crippen LogP contribution in [0.2, 0.25) is 0 Å². The molecule has 1 atom stereocenters. The third kappa shape index (κ3) is 3.87. The number of carbonyl (C=O) groups is 2. The number of carbonyl (C=O) groups excluding carboxylic acids is 1. The van der Waals surface area contributed by atoms with Crippen molar-refractivity contribution in [2.24, 2.45) is 5.92 Å². The number of ether oxygens (including phenoxy) is 2. The smallest absolute Gasteiger partial charge is 0.326 e. The lowest BCUT2D eigenvalue weighted by molar-refractivity contribution is -0.143. The largest absolute Gasteiger partial charge is 0.486 e. The Bertz CT molecular complexity index is 541. The molecule has 6 nitrogen and oxygen atoms in total. The van der Waals surface area contributed by atoms with Crippen molar-refractivity contribution in [3.8, 4) is 11.5 Å². The van der Waals surface area contributed by atoms with E-state index in [1.807, 2.05) is 0 Å². The van der Waals surface area contributed by atoms with Crippen molar-refractivity contribution in [3.05, 3.63) is 23.8 Å². The van der Waals surface area contributed by atoms with E-state index >= 15 is 0 Å². The highest BCUT2D eigenvalue weighted by Crippen LogP contribution is 2.30. The van der Waals surface area contributed by atoms with Gasteiger partial charge in [0.15, 0.2) is 11.5 Å². The van der Waals surface area contributed by atoms with Crippen LogP contribution in [-0.4, -0.2) is 36.2 Å². The summed E-state index contributed by atoms with van der Waals surface area (Å²) in [5, 5.41) is 11.6. The maximum atomic E-state index is 12.0. The van der Waals surface area contributed by atoms with E-state index in [1.54, 1.807) is 32.0 Å². The zero-order valence-corrected chi connectivity index (χ0v) is 12.1. The first-order valence-corrected chi connectivity index (χ1v) is 6.88. The highest BCUT2D eigenvalue weighted by atomic mass is 16.6. The summed E-state index contributed by atoms with van der Waals surface area (Å²) < 4.78 is 10.9. The monoisotopic (exact) mass is 293 g/mol. The molecule has 0 spiro atoms. The molecule has 0 fully saturated rings. The molecule has 0 radical (unpaired) electrons. The number of carboxylic acid groups (broad SMARTS) is 1. The average molecular weight is 293 g/mol. The SMILES string of the molecule is CC(C)[C@@H](NC(=O)Cc1ccc2c(c1)OCCO2)C(=O)O. The highest BCUT2D eigenvalue weighted by molar-refractivity contribution is 5.85. The summed E-state index contributed by atoms with van der Waals surface area (Å²) in [6, 6.07) is 4.40. The molecule has 1 aliphatic heterocycles. The number of nitrogens with one attached hydrogen (secondary N) is 1. The van der Waals surface area contributed by atoms with Crippen LogP contribution >= 0.6 is 0 Å². The molecule has 0 bridgehead atoms. The van der Waals surface area contributed by atoms with Gasteiger partial charge < -0.3 is 19.9 Å². The van der Waals surface area contributed by atoms with Gasteiger partial charge in [0.2, 0.25) is 5.91 Å². The maximum Gasteiger partial charge on any atom is 0.326 e. The molecule has 6 heteroatoms. The summed E-state index contributed by atoms with van der Waals surface area (Å²) in [4.78, 5) is 23.0. The quantitative estimate of drug-likeness (QED) is 0.853. The van der Waals surface area contributed by atoms with Gasteiger partial charge in [-0.2, -0.15) is 0 Å². The Morgan fingerprint density at radius 2 is 1.90 bits per heavy atom. The fourth-order valence-electron chi connectivity index (χ4n) is 2.12. The van der Waals surface area contributed by atoms with Crippen LogP contribution in [0.1, 0.15) is 19.4 Å². The number of amides is 1. The second kappa shape index (κ2) is 6.47. The van der Waals surface area contributed by atoms with Crippen LogP contribution in [0, 0.1) is 5.92 Å². The molecular formula is C15H19NO5. The van der Waals surface area contributed by atoms with Crippen LogP contribution < -0.4 is 14.8 Å². The minimum Gasteiger partial charge on any atom is -0.486 e. The van der Waals surface area contributed by atoms with Crippen LogP contribution in [-0.2, 0) is 16.0 Å². The molecule has 21 heavy (non-hydrogen) atoms. The number of hydrogen-bond acceptors (Lipinski definition) is 4. The molecule has 0 aliphatic carbocycles. The Morgan fingerprint density at radius 3 is 2.52 bits per heavy atom. The average Bonchev–Trinajstić information content (AvgIpc) is 2.44. The lowest BCUT2D eigenvalue weighted by Gasteiger charge is -2.20. The molecule has 114 valence electrons. The van der Waals surface area contributed by atoms with E-state index in [0.717, 1.165) is 5.56 Å². The molecule has 0 aromatic heterocycles. The van der Waals surface area contributed by atoms with Crippen molar-refractivity contribution in [2.45, 2.75) is 26.3 Å². The van der Waals surface area contributed by atoms with Gasteiger partial charge in [0, 0.05) is 0 Å². The number of hydrogen-bond donors (Lipinski definition) is 2. The Morgan fingerprint density at radius 1 is 1.24 bits per heavy atom. The van der Waals surface area contributed by atoms with E-state index < -0.39 is 12.0 Å². The van der Waals surface area contributed by atoms with Gasteiger partial charge in [-0.1, -0.05) is 19.9 Å². The summed E-state index contributed by atoms with van der Waals surface area (Å²) in [5.41, 5.74) is 0.754. The molecule has 1 aromatic rings. The predicted octanol–water partition coefficient (Wildman–Crippen LogP) is 1.23. The molecule has 0 saturated heterocycles. The third-order valence-corrected chi connectivity index (χ3v) is 3.22. The Balaban J connectivity index is 2.01. The Hall–Kier alpha value is -2.24. The van der Waals surface area contributed by atoms with E-state index in [2.05, 4.69) is 5.32 Å². The molecule has 1 heterocycles. The first-order valence-electron chi connectivity index (χ1n) is 6.88. The van der Waals surface area contributed by atoms with Gasteiger partial charge in [0.1, 0.15) is 19.3 Å². The number of fused-ring (bicyclic) bond motifs is 1. The van der Waals surface area contributed by atoms with Crippen molar-refractivity contribution < 1.29 is 24.2 Å². The fraction of sp³-hybridized carbons (Fsp3) is 0.467. The molecule has 0 unspecified atom stereocenters. The second-order valence-corrected chi connectivity index (χ2v) is 5.28. The maximum absolute atomic E-state index is 12.0. The summed E-state index contributed by atoms with van der Waals surface area (Å²) in [6.07, 6.45) is 0.104. The van der Waals surface area contributed by atoms with Crippen LogP contribution in [0.25, 0.3) is 0 Å². The molecule has 2 N–H and O–H groups in total. The molecule has 1 amide bonds. The van der Waals surface area contributed by atoms with Crippen molar-refractivity contribution in [1.29, 1.82) is 0 Å². The zero-order chi connectivity index (χ0) is 15.4. The van der Waals surface area contributed by atoms with Crippen molar-refractivity contribution in [2.75, 3.05) is 13.2 Å². The molecule has 0 saturated carbocycles. The third-order valence-electron chi connectivity index (χ3n) is 3.22. The number of carboxylic acids is 1. The zero-order valence-electron chi connectivity index (χ0n) is 12.1. The standard InChI is InChI=1S/C15H19NO5/c1-9(2)14(15(18)19)16-13(17)8-10-3-4-11-12(7-10)21-6-5-20-11/h3-4,7,9,14H,5-6,8H2,1-2H3,(H,16,17)(H,18,19)/t14-/m1/s1. The fourth-order valence-corrected chi connectivity index (χ4v) is 2.12. The summed E-state index contributed by atoms with van der Waals surface area (Å²) >= 11 is 0. The number of benzene rings is 1. The highest BCUT2D eigenvalue weighted by Gasteiger charge is 2.23. The summed E-state index contributed by atoms with van der Waals surface area (Å²) in [5.74, 6) is -0.249. The lowest BCUT2D eigenvalue weighted by Crippen LogP contribution is -2.44. The van der Waals surface area contributed by atoms with Gasteiger partial charge in [-0.05, 0) is 23.6 Å². The van der Waals surface area contributed by atoms with Crippen molar-refractivity contribution in [1.82, 2.24) is 5.32 Å². The van der Waals surface area contributed by atoms with Crippen molar-refractivity contribution in [3.63, 3.8) is 0 Å². The first-order chi connectivity index (χ1) is 9.97. The molecular weight excluding hydrogens is 274 g/mol. The van der Waals surface area contributed by atoms with Crippen LogP contribution in [0.3, 0.4) is 0 Å². The van der Waals surface area contributed by atoms with Gasteiger partial charge in [-0.15, -0.1) is 0 Å². The van der Waals surface area contributed by atoms with Gasteiger partial charge in [0.05, 0.1) is 6.42 Å². The van der Waals surface area contributed by atoms with Gasteiger partial charge in [-0.3, -0.25) is 4.79 Å². The van der Waals surface area contributed by atoms with Gasteiger partial charge in [0.25, 0.3) is 0 Å². The molecule has 1 aromatic carbocycles. The Labute approximate surface area is 123 Å². The van der Waals surface area contributed by atoms with E-state index in [1.165, 1.54) is 0 Å². The second-order valence-electron chi connectivity index (χ2n) is 5.28. The molecule has 1 aliphatic rings. The van der Waals surface area contributed by atoms with Crippen LogP contribution in [0.5, 0.6) is 11.5 Å².